The first-order chi connectivity index (χ1) is 7.28. The Kier molecular flexibility index (Phi) is 3.94. The van der Waals surface area contributed by atoms with Gasteiger partial charge in [0, 0.05) is 0 Å². The summed E-state index contributed by atoms with van der Waals surface area (Å²) in [6.45, 7) is 6.91. The van der Waals surface area contributed by atoms with E-state index in [1.165, 1.54) is 19.8 Å². The van der Waals surface area contributed by atoms with E-state index in [2.05, 4.69) is 5.32 Å². The summed E-state index contributed by atoms with van der Waals surface area (Å²) < 4.78 is 5.12. The Morgan fingerprint density at radius 3 is 2.31 bits per heavy atom. The smallest absolute Gasteiger partial charge is 0.408 e. The van der Waals surface area contributed by atoms with Crippen molar-refractivity contribution in [3.05, 3.63) is 0 Å². The maximum atomic E-state index is 11.5. The van der Waals surface area contributed by atoms with Crippen molar-refractivity contribution in [2.24, 2.45) is 5.92 Å². The molecule has 1 N–H and O–H groups in total. The molecule has 0 aromatic heterocycles. The van der Waals surface area contributed by atoms with Crippen molar-refractivity contribution >= 4 is 11.9 Å². The SMILES string of the molecule is CC(=O)[C@@H](CC1CC1)NC(=O)OC(C)(C)C. The molecule has 1 fully saturated rings. The van der Waals surface area contributed by atoms with Crippen LogP contribution in [0.15, 0.2) is 0 Å². The first kappa shape index (κ1) is 13.0. The summed E-state index contributed by atoms with van der Waals surface area (Å²) in [5.41, 5.74) is -0.523. The molecule has 0 aromatic carbocycles. The van der Waals surface area contributed by atoms with E-state index in [0.29, 0.717) is 5.92 Å². The average molecular weight is 227 g/mol. The average Bonchev–Trinajstić information content (AvgIpc) is 2.82. The highest BCUT2D eigenvalue weighted by molar-refractivity contribution is 5.85. The van der Waals surface area contributed by atoms with Crippen LogP contribution in [-0.4, -0.2) is 23.5 Å². The fourth-order valence-electron chi connectivity index (χ4n) is 1.46. The molecule has 0 spiro atoms. The van der Waals surface area contributed by atoms with Gasteiger partial charge >= 0.3 is 6.09 Å². The van der Waals surface area contributed by atoms with Gasteiger partial charge in [-0.2, -0.15) is 0 Å². The number of rotatable bonds is 4. The van der Waals surface area contributed by atoms with Gasteiger partial charge in [0.2, 0.25) is 0 Å². The minimum atomic E-state index is -0.523. The molecule has 1 amide bonds. The predicted molar refractivity (Wildman–Crippen MR) is 61.2 cm³/mol. The Morgan fingerprint density at radius 2 is 1.94 bits per heavy atom. The third kappa shape index (κ3) is 5.14. The molecule has 0 heterocycles. The quantitative estimate of drug-likeness (QED) is 0.801. The first-order valence-electron chi connectivity index (χ1n) is 5.78. The van der Waals surface area contributed by atoms with Gasteiger partial charge in [0.25, 0.3) is 0 Å². The van der Waals surface area contributed by atoms with Gasteiger partial charge in [-0.15, -0.1) is 0 Å². The fourth-order valence-corrected chi connectivity index (χ4v) is 1.46. The van der Waals surface area contributed by atoms with Crippen LogP contribution < -0.4 is 5.32 Å². The highest BCUT2D eigenvalue weighted by atomic mass is 16.6. The van der Waals surface area contributed by atoms with E-state index < -0.39 is 11.7 Å². The summed E-state index contributed by atoms with van der Waals surface area (Å²) in [4.78, 5) is 22.8. The molecule has 1 aliphatic carbocycles. The fraction of sp³-hybridized carbons (Fsp3) is 0.833. The number of carbonyl (C=O) groups excluding carboxylic acids is 2. The summed E-state index contributed by atoms with van der Waals surface area (Å²) in [7, 11) is 0. The zero-order valence-corrected chi connectivity index (χ0v) is 10.5. The highest BCUT2D eigenvalue weighted by Gasteiger charge is 2.29. The lowest BCUT2D eigenvalue weighted by molar-refractivity contribution is -0.119. The van der Waals surface area contributed by atoms with Crippen LogP contribution in [0.2, 0.25) is 0 Å². The summed E-state index contributed by atoms with van der Waals surface area (Å²) in [6.07, 6.45) is 2.57. The standard InChI is InChI=1S/C12H21NO3/c1-8(14)10(7-9-5-6-9)13-11(15)16-12(2,3)4/h9-10H,5-7H2,1-4H3,(H,13,15)/t10-/m1/s1. The number of amides is 1. The molecule has 0 unspecified atom stereocenters. The Balaban J connectivity index is 2.41. The van der Waals surface area contributed by atoms with Crippen LogP contribution in [0, 0.1) is 5.92 Å². The van der Waals surface area contributed by atoms with Crippen molar-refractivity contribution in [3.8, 4) is 0 Å². The molecular weight excluding hydrogens is 206 g/mol. The number of alkyl carbamates (subject to hydrolysis) is 1. The van der Waals surface area contributed by atoms with E-state index in [4.69, 9.17) is 4.74 Å². The molecule has 0 bridgehead atoms. The molecule has 1 atom stereocenters. The molecule has 16 heavy (non-hydrogen) atoms. The van der Waals surface area contributed by atoms with E-state index >= 15 is 0 Å². The predicted octanol–water partition coefficient (Wildman–Crippen LogP) is 2.27. The topological polar surface area (TPSA) is 55.4 Å². The van der Waals surface area contributed by atoms with Gasteiger partial charge in [0.1, 0.15) is 5.60 Å². The van der Waals surface area contributed by atoms with Gasteiger partial charge in [-0.1, -0.05) is 12.8 Å². The molecule has 1 saturated carbocycles. The molecule has 0 aromatic rings. The molecule has 0 aliphatic heterocycles. The molecule has 1 aliphatic rings. The summed E-state index contributed by atoms with van der Waals surface area (Å²) in [5.74, 6) is 0.599. The van der Waals surface area contributed by atoms with E-state index in [9.17, 15) is 9.59 Å². The van der Waals surface area contributed by atoms with Crippen LogP contribution in [-0.2, 0) is 9.53 Å². The highest BCUT2D eigenvalue weighted by Crippen LogP contribution is 2.33. The number of ether oxygens (including phenoxy) is 1. The maximum Gasteiger partial charge on any atom is 0.408 e. The lowest BCUT2D eigenvalue weighted by Crippen LogP contribution is -2.42. The van der Waals surface area contributed by atoms with Crippen LogP contribution >= 0.6 is 0 Å². The van der Waals surface area contributed by atoms with Crippen LogP contribution in [0.5, 0.6) is 0 Å². The number of hydrogen-bond acceptors (Lipinski definition) is 3. The number of ketones is 1. The zero-order valence-electron chi connectivity index (χ0n) is 10.5. The summed E-state index contributed by atoms with van der Waals surface area (Å²) >= 11 is 0. The minimum Gasteiger partial charge on any atom is -0.444 e. The van der Waals surface area contributed by atoms with Crippen molar-refractivity contribution in [2.45, 2.75) is 58.6 Å². The van der Waals surface area contributed by atoms with E-state index in [1.54, 1.807) is 20.8 Å². The molecule has 0 radical (unpaired) electrons. The molecule has 92 valence electrons. The Bertz CT molecular complexity index is 276. The first-order valence-corrected chi connectivity index (χ1v) is 5.78. The lowest BCUT2D eigenvalue weighted by atomic mass is 10.1. The Hall–Kier alpha value is -1.06. The number of nitrogens with one attached hydrogen (secondary N) is 1. The molecular formula is C12H21NO3. The van der Waals surface area contributed by atoms with Gasteiger partial charge < -0.3 is 10.1 Å². The molecule has 4 heteroatoms. The third-order valence-electron chi connectivity index (χ3n) is 2.45. The van der Waals surface area contributed by atoms with Crippen molar-refractivity contribution < 1.29 is 14.3 Å². The van der Waals surface area contributed by atoms with Crippen molar-refractivity contribution in [2.75, 3.05) is 0 Å². The van der Waals surface area contributed by atoms with Gasteiger partial charge in [0.05, 0.1) is 6.04 Å². The number of hydrogen-bond donors (Lipinski definition) is 1. The largest absolute Gasteiger partial charge is 0.444 e. The summed E-state index contributed by atoms with van der Waals surface area (Å²) in [5, 5.41) is 2.63. The van der Waals surface area contributed by atoms with Gasteiger partial charge in [-0.3, -0.25) is 4.79 Å². The molecule has 4 nitrogen and oxygen atoms in total. The monoisotopic (exact) mass is 227 g/mol. The molecule has 0 saturated heterocycles. The zero-order chi connectivity index (χ0) is 12.3. The van der Waals surface area contributed by atoms with Crippen LogP contribution in [0.1, 0.15) is 47.0 Å². The van der Waals surface area contributed by atoms with Gasteiger partial charge in [-0.05, 0) is 40.0 Å². The van der Waals surface area contributed by atoms with E-state index in [-0.39, 0.29) is 11.8 Å². The second-order valence-electron chi connectivity index (χ2n) is 5.49. The second kappa shape index (κ2) is 4.85. The number of carbonyl (C=O) groups is 2. The van der Waals surface area contributed by atoms with Crippen molar-refractivity contribution in [3.63, 3.8) is 0 Å². The normalized spacial score (nSPS) is 17.8. The number of Topliss-reactive ketones (excluding diaryl/α,β-unsaturated/α-hetero) is 1. The van der Waals surface area contributed by atoms with Crippen LogP contribution in [0.4, 0.5) is 4.79 Å². The van der Waals surface area contributed by atoms with Crippen LogP contribution in [0.25, 0.3) is 0 Å². The van der Waals surface area contributed by atoms with Gasteiger partial charge in [0.15, 0.2) is 5.78 Å². The minimum absolute atomic E-state index is 0.00207. The van der Waals surface area contributed by atoms with E-state index in [1.807, 2.05) is 0 Å². The Labute approximate surface area is 96.7 Å². The molecule has 1 rings (SSSR count). The lowest BCUT2D eigenvalue weighted by Gasteiger charge is -2.22. The van der Waals surface area contributed by atoms with E-state index in [0.717, 1.165) is 6.42 Å². The van der Waals surface area contributed by atoms with Gasteiger partial charge in [-0.25, -0.2) is 4.79 Å². The van der Waals surface area contributed by atoms with Crippen molar-refractivity contribution in [1.82, 2.24) is 5.32 Å². The summed E-state index contributed by atoms with van der Waals surface area (Å²) in [6, 6.07) is -0.387. The Morgan fingerprint density at radius 1 is 1.38 bits per heavy atom. The maximum absolute atomic E-state index is 11.5. The second-order valence-corrected chi connectivity index (χ2v) is 5.49. The van der Waals surface area contributed by atoms with Crippen LogP contribution in [0.3, 0.4) is 0 Å². The van der Waals surface area contributed by atoms with Crippen molar-refractivity contribution in [1.29, 1.82) is 0 Å². The third-order valence-corrected chi connectivity index (χ3v) is 2.45.